The molecule has 3 N–H and O–H groups in total. The lowest BCUT2D eigenvalue weighted by Gasteiger charge is -2.18. The third-order valence-corrected chi connectivity index (χ3v) is 6.32. The van der Waals surface area contributed by atoms with Crippen LogP contribution in [-0.4, -0.2) is 84.5 Å². The van der Waals surface area contributed by atoms with E-state index in [-0.39, 0.29) is 46.4 Å². The van der Waals surface area contributed by atoms with Crippen LogP contribution in [0.1, 0.15) is 135 Å². The van der Waals surface area contributed by atoms with E-state index in [0.717, 1.165) is 13.8 Å². The van der Waals surface area contributed by atoms with Crippen LogP contribution in [0.4, 0.5) is 0 Å². The van der Waals surface area contributed by atoms with Crippen LogP contribution in [0.2, 0.25) is 0 Å². The van der Waals surface area contributed by atoms with Gasteiger partial charge in [-0.1, -0.05) is 70.1 Å². The fraction of sp³-hybridized carbons (Fsp3) is 0.833. The topological polar surface area (TPSA) is 181 Å². The second-order valence-corrected chi connectivity index (χ2v) is 11.7. The first-order valence-electron chi connectivity index (χ1n) is 22.2. The van der Waals surface area contributed by atoms with Gasteiger partial charge in [-0.25, -0.2) is 9.59 Å². The summed E-state index contributed by atoms with van der Waals surface area (Å²) < 4.78 is 126. The summed E-state index contributed by atoms with van der Waals surface area (Å²) in [4.78, 5) is 73.3. The molecule has 0 aromatic rings. The Hall–Kier alpha value is -2.86. The van der Waals surface area contributed by atoms with E-state index in [0.29, 0.717) is 12.8 Å². The van der Waals surface area contributed by atoms with Crippen LogP contribution in [0.5, 0.6) is 0 Å². The highest BCUT2D eigenvalue weighted by Crippen LogP contribution is 2.29. The summed E-state index contributed by atoms with van der Waals surface area (Å²) in [6.07, 6.45) is -13.2. The van der Waals surface area contributed by atoms with E-state index in [1.807, 2.05) is 27.7 Å². The molecule has 0 bridgehead atoms. The molecule has 0 aliphatic carbocycles. The highest BCUT2D eigenvalue weighted by Gasteiger charge is 2.52. The summed E-state index contributed by atoms with van der Waals surface area (Å²) in [5.41, 5.74) is 0. The minimum Gasteiger partial charge on any atom is -0.479 e. The molecule has 2 unspecified atom stereocenters. The van der Waals surface area contributed by atoms with Crippen molar-refractivity contribution in [1.29, 1.82) is 0 Å². The van der Waals surface area contributed by atoms with E-state index in [2.05, 4.69) is 10.6 Å². The summed E-state index contributed by atoms with van der Waals surface area (Å²) in [6, 6.07) is 0. The molecule has 2 saturated heterocycles. The Morgan fingerprint density at radius 2 is 1.15 bits per heavy atom. The van der Waals surface area contributed by atoms with Crippen LogP contribution >= 0.6 is 0 Å². The van der Waals surface area contributed by atoms with Crippen molar-refractivity contribution < 1.29 is 67.3 Å². The van der Waals surface area contributed by atoms with Gasteiger partial charge in [0.05, 0.1) is 6.61 Å². The van der Waals surface area contributed by atoms with Crippen LogP contribution in [0.25, 0.3) is 0 Å². The third kappa shape index (κ3) is 18.6. The lowest BCUT2D eigenvalue weighted by molar-refractivity contribution is -0.144. The van der Waals surface area contributed by atoms with E-state index >= 15 is 0 Å². The molecule has 8 atom stereocenters. The Balaban J connectivity index is 0. The molecular formula is C36H66N2O10. The molecule has 0 radical (unpaired) electrons. The molecule has 0 aromatic carbocycles. The fourth-order valence-electron chi connectivity index (χ4n) is 3.83. The molecule has 2 aliphatic rings. The smallest absolute Gasteiger partial charge is 0.338 e. The number of esters is 1. The van der Waals surface area contributed by atoms with Crippen LogP contribution < -0.4 is 10.6 Å². The largest absolute Gasteiger partial charge is 0.479 e. The number of aliphatic carboxylic acids is 1. The number of carboxylic acid groups (broad SMARTS) is 1. The average Bonchev–Trinajstić information content (AvgIpc) is 4.01. The van der Waals surface area contributed by atoms with Crippen molar-refractivity contribution in [2.24, 2.45) is 35.4 Å². The Morgan fingerprint density at radius 3 is 1.48 bits per heavy atom. The Labute approximate surface area is 308 Å². The number of carboxylic acids is 1. The van der Waals surface area contributed by atoms with Gasteiger partial charge in [-0.3, -0.25) is 19.2 Å². The molecule has 12 nitrogen and oxygen atoms in total. The van der Waals surface area contributed by atoms with Crippen LogP contribution in [-0.2, 0) is 43.0 Å². The maximum atomic E-state index is 12.9. The Morgan fingerprint density at radius 1 is 0.750 bits per heavy atom. The summed E-state index contributed by atoms with van der Waals surface area (Å²) in [7, 11) is 0. The van der Waals surface area contributed by atoms with Gasteiger partial charge >= 0.3 is 11.9 Å². The van der Waals surface area contributed by atoms with Gasteiger partial charge in [-0.15, -0.1) is 0 Å². The van der Waals surface area contributed by atoms with Crippen molar-refractivity contribution in [2.45, 2.75) is 140 Å². The number of carbonyl (C=O) groups excluding carboxylic acids is 5. The number of Topliss-reactive ketones (excluding diaryl/α,β-unsaturated/α-hetero) is 2. The maximum Gasteiger partial charge on any atom is 0.338 e. The first-order valence-corrected chi connectivity index (χ1v) is 15.2. The maximum absolute atomic E-state index is 12.9. The lowest BCUT2D eigenvalue weighted by Crippen LogP contribution is -2.35. The third-order valence-electron chi connectivity index (χ3n) is 6.32. The molecule has 2 rings (SSSR count). The van der Waals surface area contributed by atoms with Gasteiger partial charge in [-0.2, -0.15) is 0 Å². The van der Waals surface area contributed by atoms with Gasteiger partial charge in [-0.05, 0) is 56.1 Å². The second kappa shape index (κ2) is 23.5. The molecular weight excluding hydrogens is 620 g/mol. The van der Waals surface area contributed by atoms with Crippen LogP contribution in [0.3, 0.4) is 0 Å². The van der Waals surface area contributed by atoms with Gasteiger partial charge < -0.3 is 30.0 Å². The van der Waals surface area contributed by atoms with Crippen molar-refractivity contribution in [2.75, 3.05) is 19.7 Å². The molecule has 2 fully saturated rings. The number of amides is 2. The minimum atomic E-state index is -3.30. The first kappa shape index (κ1) is 26.9. The molecule has 48 heavy (non-hydrogen) atoms. The Bertz CT molecular complexity index is 1590. The van der Waals surface area contributed by atoms with Gasteiger partial charge in [0.2, 0.25) is 11.8 Å². The predicted molar refractivity (Wildman–Crippen MR) is 185 cm³/mol. The predicted octanol–water partition coefficient (Wildman–Crippen LogP) is 5.00. The van der Waals surface area contributed by atoms with Crippen molar-refractivity contribution in [3.05, 3.63) is 0 Å². The normalized spacial score (nSPS) is 29.5. The summed E-state index contributed by atoms with van der Waals surface area (Å²) in [6.45, 7) is 4.38. The lowest BCUT2D eigenvalue weighted by atomic mass is 9.90. The van der Waals surface area contributed by atoms with Crippen molar-refractivity contribution >= 4 is 35.3 Å². The van der Waals surface area contributed by atoms with Crippen LogP contribution in [0.15, 0.2) is 0 Å². The number of carbonyl (C=O) groups is 6. The molecule has 0 saturated carbocycles. The standard InChI is InChI=1S/C18H31NO5.C16H27NO5.2CH4/c1-6-23-18(22)16-15(24-16)14(20)10-13(9-12(4)5)17(21)19-8-7-11(2)3;1-9(2)5-6-17-15(19)11(7-10(3)4)8-12(18)13-14(22-13)16(20)21;;/h11-13,15-16H,6-10H2,1-5H3,(H,19,21);9-11,13-14H,5-8H2,1-4H3,(H,17,19)(H,20,21);2*1H4/t13-,15+,16-;11-,13+,14-;;/m00../s1/i4D3,9D2,12D,13D;3D3,7D2,10D,11D;;/t12?,13-,15+,16-;10?,11-,13+,14-;;. The van der Waals surface area contributed by atoms with Crippen molar-refractivity contribution in [3.63, 3.8) is 0 Å². The van der Waals surface area contributed by atoms with Crippen LogP contribution in [0, 0.1) is 35.4 Å². The molecule has 0 spiro atoms. The molecule has 2 heterocycles. The number of ether oxygens (including phenoxy) is 3. The number of rotatable bonds is 21. The summed E-state index contributed by atoms with van der Waals surface area (Å²) in [5.74, 6) is -18.0. The number of epoxide rings is 2. The quantitative estimate of drug-likeness (QED) is 0.109. The monoisotopic (exact) mass is 701 g/mol. The van der Waals surface area contributed by atoms with E-state index in [9.17, 15) is 28.8 Å². The first-order chi connectivity index (χ1) is 26.8. The van der Waals surface area contributed by atoms with E-state index in [4.69, 9.17) is 38.5 Å². The van der Waals surface area contributed by atoms with Crippen molar-refractivity contribution in [3.8, 4) is 0 Å². The molecule has 12 heteroatoms. The summed E-state index contributed by atoms with van der Waals surface area (Å²) in [5, 5.41) is 13.6. The highest BCUT2D eigenvalue weighted by atomic mass is 16.6. The van der Waals surface area contributed by atoms with Crippen molar-refractivity contribution in [1.82, 2.24) is 10.6 Å². The van der Waals surface area contributed by atoms with E-state index in [1.165, 1.54) is 0 Å². The number of hydrogen-bond donors (Lipinski definition) is 3. The average molecular weight is 701 g/mol. The second-order valence-electron chi connectivity index (χ2n) is 11.7. The number of hydrogen-bond acceptors (Lipinski definition) is 9. The van der Waals surface area contributed by atoms with Gasteiger partial charge in [0.1, 0.15) is 0 Å². The van der Waals surface area contributed by atoms with E-state index in [1.54, 1.807) is 6.92 Å². The molecule has 2 aliphatic heterocycles. The van der Waals surface area contributed by atoms with Gasteiger partial charge in [0, 0.05) is 56.9 Å². The van der Waals surface area contributed by atoms with Gasteiger partial charge in [0.25, 0.3) is 0 Å². The minimum absolute atomic E-state index is 0. The van der Waals surface area contributed by atoms with Gasteiger partial charge in [0.15, 0.2) is 36.0 Å². The SMILES string of the molecule is C.C.[2H]C([2H])([2H])C([2H])(C)C([2H])([2H])[C@@]([2H])(CC(=O)[C@H]1O[C@@H]1C(=O)O)C(=O)NCCC(C)C.[2H]C([2H])([2H])C([2H])(C)C([2H])([2H])[C@@]([2H])(CC(=O)[C@H]1O[C@@H]1C(=O)OCC)C(=O)NCCC(C)C. The zero-order chi connectivity index (χ0) is 47.4. The zero-order valence-electron chi connectivity index (χ0n) is 41.5. The summed E-state index contributed by atoms with van der Waals surface area (Å²) >= 11 is 0. The zero-order valence-corrected chi connectivity index (χ0v) is 27.5. The highest BCUT2D eigenvalue weighted by molar-refractivity contribution is 5.96. The molecule has 0 aromatic heterocycles. The Kier molecular flexibility index (Phi) is 13.2. The van der Waals surface area contributed by atoms with E-state index < -0.39 is 123 Å². The number of ketones is 2. The number of nitrogens with one attached hydrogen (secondary N) is 2. The molecule has 280 valence electrons. The fourth-order valence-corrected chi connectivity index (χ4v) is 3.83. The molecule has 2 amide bonds.